The maximum Gasteiger partial charge on any atom is 0.313 e. The number of nitrogens with zero attached hydrogens (tertiary/aromatic N) is 3. The molecule has 3 heterocycles. The number of carbonyl (C=O) groups excluding carboxylic acids is 3. The summed E-state index contributed by atoms with van der Waals surface area (Å²) in [6, 6.07) is 16.8. The summed E-state index contributed by atoms with van der Waals surface area (Å²) in [5.41, 5.74) is 2.86. The smallest absolute Gasteiger partial charge is 0.313 e. The lowest BCUT2D eigenvalue weighted by Gasteiger charge is -2.29. The highest BCUT2D eigenvalue weighted by atomic mass is 16.2. The van der Waals surface area contributed by atoms with Crippen molar-refractivity contribution in [2.24, 2.45) is 0 Å². The Balaban J connectivity index is 1.29. The van der Waals surface area contributed by atoms with E-state index in [-0.39, 0.29) is 5.78 Å². The van der Waals surface area contributed by atoms with Crippen molar-refractivity contribution in [3.05, 3.63) is 71.8 Å². The van der Waals surface area contributed by atoms with Crippen molar-refractivity contribution in [1.29, 1.82) is 0 Å². The number of benzene rings is 2. The van der Waals surface area contributed by atoms with E-state index in [1.165, 1.54) is 6.42 Å². The van der Waals surface area contributed by atoms with Crippen LogP contribution in [0.4, 0.5) is 11.5 Å². The van der Waals surface area contributed by atoms with Gasteiger partial charge in [0.2, 0.25) is 0 Å². The molecular formula is C30H32N4O3. The molecule has 2 amide bonds. The molecule has 2 fully saturated rings. The van der Waals surface area contributed by atoms with E-state index in [1.807, 2.05) is 30.3 Å². The molecule has 0 atom stereocenters. The number of piperidine rings is 2. The van der Waals surface area contributed by atoms with Gasteiger partial charge in [-0.1, -0.05) is 18.2 Å². The van der Waals surface area contributed by atoms with Gasteiger partial charge in [0, 0.05) is 48.4 Å². The molecule has 3 aromatic rings. The fourth-order valence-electron chi connectivity index (χ4n) is 5.01. The molecule has 0 spiro atoms. The summed E-state index contributed by atoms with van der Waals surface area (Å²) in [4.78, 5) is 46.5. The van der Waals surface area contributed by atoms with E-state index < -0.39 is 11.8 Å². The fourth-order valence-corrected chi connectivity index (χ4v) is 5.01. The summed E-state index contributed by atoms with van der Waals surface area (Å²) in [7, 11) is 0. The highest BCUT2D eigenvalue weighted by Gasteiger charge is 2.23. The van der Waals surface area contributed by atoms with Gasteiger partial charge in [-0.05, 0) is 87.1 Å². The second-order valence-corrected chi connectivity index (χ2v) is 9.72. The average Bonchev–Trinajstić information content (AvgIpc) is 2.96. The molecule has 0 saturated carbocycles. The number of anilines is 2. The van der Waals surface area contributed by atoms with Crippen LogP contribution >= 0.6 is 0 Å². The van der Waals surface area contributed by atoms with Gasteiger partial charge in [0.25, 0.3) is 0 Å². The summed E-state index contributed by atoms with van der Waals surface area (Å²) < 4.78 is 0. The molecule has 37 heavy (non-hydrogen) atoms. The Morgan fingerprint density at radius 2 is 1.49 bits per heavy atom. The number of pyridine rings is 1. The van der Waals surface area contributed by atoms with E-state index in [9.17, 15) is 14.4 Å². The van der Waals surface area contributed by atoms with E-state index in [1.54, 1.807) is 35.2 Å². The molecule has 0 unspecified atom stereocenters. The molecule has 0 aliphatic carbocycles. The number of fused-ring (bicyclic) bond motifs is 1. The number of aromatic nitrogens is 1. The number of amides is 2. The second-order valence-electron chi connectivity index (χ2n) is 9.72. The molecular weight excluding hydrogens is 464 g/mol. The third-order valence-corrected chi connectivity index (χ3v) is 7.07. The lowest BCUT2D eigenvalue weighted by Crippen LogP contribution is -2.42. The van der Waals surface area contributed by atoms with Crippen molar-refractivity contribution in [2.45, 2.75) is 38.5 Å². The molecule has 2 aromatic carbocycles. The molecule has 2 aliphatic rings. The minimum Gasteiger partial charge on any atom is -0.356 e. The fraction of sp³-hybridized carbons (Fsp3) is 0.333. The van der Waals surface area contributed by atoms with Gasteiger partial charge in [0.15, 0.2) is 5.78 Å². The van der Waals surface area contributed by atoms with Crippen molar-refractivity contribution in [1.82, 2.24) is 9.88 Å². The molecule has 0 radical (unpaired) electrons. The first kappa shape index (κ1) is 24.7. The summed E-state index contributed by atoms with van der Waals surface area (Å²) >= 11 is 0. The predicted octanol–water partition coefficient (Wildman–Crippen LogP) is 5.07. The Kier molecular flexibility index (Phi) is 7.59. The molecule has 2 saturated heterocycles. The van der Waals surface area contributed by atoms with Crippen molar-refractivity contribution in [3.63, 3.8) is 0 Å². The minimum atomic E-state index is -0.644. The van der Waals surface area contributed by atoms with E-state index in [4.69, 9.17) is 4.98 Å². The Morgan fingerprint density at radius 3 is 2.22 bits per heavy atom. The Labute approximate surface area is 217 Å². The first-order valence-corrected chi connectivity index (χ1v) is 13.2. The molecule has 190 valence electrons. The number of likely N-dealkylation sites (tertiary alicyclic amines) is 1. The van der Waals surface area contributed by atoms with Crippen LogP contribution in [0.15, 0.2) is 60.7 Å². The SMILES string of the molecule is O=C(Nc1ccc(C(=O)/C=C/c2cc3ccccc3nc2N2CCCCC2)cc1)C(=O)N1CCCCC1. The van der Waals surface area contributed by atoms with Crippen LogP contribution in [-0.2, 0) is 9.59 Å². The normalized spacial score (nSPS) is 16.2. The van der Waals surface area contributed by atoms with Gasteiger partial charge < -0.3 is 15.1 Å². The number of para-hydroxylation sites is 1. The van der Waals surface area contributed by atoms with Crippen molar-refractivity contribution in [3.8, 4) is 0 Å². The average molecular weight is 497 g/mol. The topological polar surface area (TPSA) is 82.6 Å². The summed E-state index contributed by atoms with van der Waals surface area (Å²) in [6.07, 6.45) is 9.89. The monoisotopic (exact) mass is 496 g/mol. The first-order chi connectivity index (χ1) is 18.1. The zero-order valence-corrected chi connectivity index (χ0v) is 21.0. The van der Waals surface area contributed by atoms with Gasteiger partial charge in [-0.25, -0.2) is 4.98 Å². The second kappa shape index (κ2) is 11.4. The molecule has 7 heteroatoms. The zero-order valence-electron chi connectivity index (χ0n) is 21.0. The largest absolute Gasteiger partial charge is 0.356 e. The van der Waals surface area contributed by atoms with E-state index in [0.717, 1.165) is 67.5 Å². The number of rotatable bonds is 5. The summed E-state index contributed by atoms with van der Waals surface area (Å²) in [5, 5.41) is 3.69. The highest BCUT2D eigenvalue weighted by molar-refractivity contribution is 6.39. The number of carbonyl (C=O) groups is 3. The van der Waals surface area contributed by atoms with Gasteiger partial charge in [-0.15, -0.1) is 0 Å². The van der Waals surface area contributed by atoms with Gasteiger partial charge in [-0.2, -0.15) is 0 Å². The number of hydrogen-bond donors (Lipinski definition) is 1. The number of ketones is 1. The van der Waals surface area contributed by atoms with Gasteiger partial charge in [0.05, 0.1) is 5.52 Å². The minimum absolute atomic E-state index is 0.139. The Morgan fingerprint density at radius 1 is 0.811 bits per heavy atom. The molecule has 1 aromatic heterocycles. The van der Waals surface area contributed by atoms with Crippen LogP contribution in [0.2, 0.25) is 0 Å². The van der Waals surface area contributed by atoms with Crippen LogP contribution in [0.5, 0.6) is 0 Å². The summed E-state index contributed by atoms with van der Waals surface area (Å²) in [5.74, 6) is -0.370. The van der Waals surface area contributed by atoms with Crippen LogP contribution in [-0.4, -0.2) is 53.7 Å². The maximum atomic E-state index is 12.9. The van der Waals surface area contributed by atoms with Crippen LogP contribution in [0.3, 0.4) is 0 Å². The summed E-state index contributed by atoms with van der Waals surface area (Å²) in [6.45, 7) is 3.18. The van der Waals surface area contributed by atoms with Gasteiger partial charge in [-0.3, -0.25) is 14.4 Å². The van der Waals surface area contributed by atoms with Gasteiger partial charge in [0.1, 0.15) is 5.82 Å². The van der Waals surface area contributed by atoms with Crippen molar-refractivity contribution >= 4 is 46.1 Å². The first-order valence-electron chi connectivity index (χ1n) is 13.2. The lowest BCUT2D eigenvalue weighted by molar-refractivity contribution is -0.143. The molecule has 7 nitrogen and oxygen atoms in total. The Hall–Kier alpha value is -4.00. The third-order valence-electron chi connectivity index (χ3n) is 7.07. The van der Waals surface area contributed by atoms with E-state index >= 15 is 0 Å². The van der Waals surface area contributed by atoms with Crippen molar-refractivity contribution in [2.75, 3.05) is 36.4 Å². The van der Waals surface area contributed by atoms with Crippen molar-refractivity contribution < 1.29 is 14.4 Å². The standard InChI is InChI=1S/C30H32N4O3/c35-27(22-11-14-25(15-12-22)31-29(36)30(37)34-19-7-2-8-20-34)16-13-24-21-23-9-3-4-10-26(23)32-28(24)33-17-5-1-6-18-33/h3-4,9-16,21H,1-2,5-8,17-20H2,(H,31,36)/b16-13+. The van der Waals surface area contributed by atoms with Crippen LogP contribution in [0, 0.1) is 0 Å². The van der Waals surface area contributed by atoms with Crippen LogP contribution in [0.1, 0.15) is 54.4 Å². The predicted molar refractivity (Wildman–Crippen MR) is 147 cm³/mol. The maximum absolute atomic E-state index is 12.9. The molecule has 2 aliphatic heterocycles. The van der Waals surface area contributed by atoms with Crippen LogP contribution in [0.25, 0.3) is 17.0 Å². The van der Waals surface area contributed by atoms with E-state index in [2.05, 4.69) is 16.3 Å². The molecule has 0 bridgehead atoms. The zero-order chi connectivity index (χ0) is 25.6. The Bertz CT molecular complexity index is 1320. The number of nitrogens with one attached hydrogen (secondary N) is 1. The number of allylic oxidation sites excluding steroid dienone is 1. The number of hydrogen-bond acceptors (Lipinski definition) is 5. The highest BCUT2D eigenvalue weighted by Crippen LogP contribution is 2.27. The molecule has 5 rings (SSSR count). The quantitative estimate of drug-likeness (QED) is 0.303. The molecule has 1 N–H and O–H groups in total. The van der Waals surface area contributed by atoms with Gasteiger partial charge >= 0.3 is 11.8 Å². The van der Waals surface area contributed by atoms with Crippen LogP contribution < -0.4 is 10.2 Å². The lowest BCUT2D eigenvalue weighted by atomic mass is 10.1. The van der Waals surface area contributed by atoms with E-state index in [0.29, 0.717) is 24.3 Å². The third kappa shape index (κ3) is 5.88.